The molecule has 1 unspecified atom stereocenters. The largest absolute Gasteiger partial charge is 0.387 e. The van der Waals surface area contributed by atoms with Crippen LogP contribution in [0.1, 0.15) is 41.3 Å². The third-order valence-corrected chi connectivity index (χ3v) is 3.62. The van der Waals surface area contributed by atoms with Crippen molar-refractivity contribution in [2.24, 2.45) is 0 Å². The van der Waals surface area contributed by atoms with Gasteiger partial charge in [0.05, 0.1) is 17.7 Å². The van der Waals surface area contributed by atoms with E-state index in [4.69, 9.17) is 5.26 Å². The van der Waals surface area contributed by atoms with Crippen molar-refractivity contribution in [3.05, 3.63) is 70.8 Å². The number of nitriles is 1. The van der Waals surface area contributed by atoms with Crippen LogP contribution in [0.25, 0.3) is 0 Å². The lowest BCUT2D eigenvalue weighted by molar-refractivity contribution is 0.171. The van der Waals surface area contributed by atoms with Gasteiger partial charge in [0.2, 0.25) is 0 Å². The second-order valence-electron chi connectivity index (χ2n) is 5.29. The van der Waals surface area contributed by atoms with Gasteiger partial charge in [0, 0.05) is 12.6 Å². The number of aryl methyl sites for hydroxylation is 1. The lowest BCUT2D eigenvalue weighted by Gasteiger charge is -2.18. The highest BCUT2D eigenvalue weighted by molar-refractivity contribution is 5.32. The Morgan fingerprint density at radius 2 is 1.62 bits per heavy atom. The normalized spacial score (nSPS) is 13.4. The number of aliphatic hydroxyl groups is 1. The second-order valence-corrected chi connectivity index (χ2v) is 5.29. The molecule has 0 radical (unpaired) electrons. The molecule has 3 nitrogen and oxygen atoms in total. The molecule has 0 saturated carbocycles. The molecule has 2 aromatic rings. The summed E-state index contributed by atoms with van der Waals surface area (Å²) in [5, 5.41) is 22.3. The molecule has 0 aromatic heterocycles. The van der Waals surface area contributed by atoms with Crippen molar-refractivity contribution in [2.45, 2.75) is 26.0 Å². The molecule has 0 heterocycles. The maximum Gasteiger partial charge on any atom is 0.0991 e. The summed E-state index contributed by atoms with van der Waals surface area (Å²) in [6.45, 7) is 4.62. The van der Waals surface area contributed by atoms with Gasteiger partial charge < -0.3 is 10.4 Å². The van der Waals surface area contributed by atoms with Gasteiger partial charge in [-0.05, 0) is 37.1 Å². The summed E-state index contributed by atoms with van der Waals surface area (Å²) in [7, 11) is 0. The summed E-state index contributed by atoms with van der Waals surface area (Å²) in [4.78, 5) is 0. The average molecular weight is 280 g/mol. The standard InChI is InChI=1S/C18H20N2O/c1-13-3-7-16(8-4-13)14(2)20-12-18(21)17-9-5-15(11-19)6-10-17/h3-10,14,18,20-21H,12H2,1-2H3/t14-,18?/m1/s1. The molecule has 0 aliphatic carbocycles. The van der Waals surface area contributed by atoms with E-state index < -0.39 is 6.10 Å². The first-order valence-corrected chi connectivity index (χ1v) is 7.08. The zero-order valence-corrected chi connectivity index (χ0v) is 12.4. The van der Waals surface area contributed by atoms with E-state index in [1.165, 1.54) is 11.1 Å². The van der Waals surface area contributed by atoms with Gasteiger partial charge in [0.25, 0.3) is 0 Å². The van der Waals surface area contributed by atoms with E-state index in [1.54, 1.807) is 24.3 Å². The van der Waals surface area contributed by atoms with Gasteiger partial charge in [0.1, 0.15) is 0 Å². The van der Waals surface area contributed by atoms with Crippen molar-refractivity contribution in [1.29, 1.82) is 5.26 Å². The van der Waals surface area contributed by atoms with Crippen LogP contribution in [-0.2, 0) is 0 Å². The minimum Gasteiger partial charge on any atom is -0.387 e. The first-order chi connectivity index (χ1) is 10.1. The molecule has 0 bridgehead atoms. The van der Waals surface area contributed by atoms with Crippen LogP contribution in [0.4, 0.5) is 0 Å². The first kappa shape index (κ1) is 15.2. The number of nitrogens with one attached hydrogen (secondary N) is 1. The van der Waals surface area contributed by atoms with Gasteiger partial charge >= 0.3 is 0 Å². The zero-order chi connectivity index (χ0) is 15.2. The Bertz CT molecular complexity index is 611. The Hall–Kier alpha value is -2.15. The number of rotatable bonds is 5. The van der Waals surface area contributed by atoms with Gasteiger partial charge in [-0.2, -0.15) is 5.26 Å². The summed E-state index contributed by atoms with van der Waals surface area (Å²) in [5.41, 5.74) is 3.86. The molecule has 0 fully saturated rings. The van der Waals surface area contributed by atoms with Crippen molar-refractivity contribution < 1.29 is 5.11 Å². The molecule has 108 valence electrons. The molecule has 2 aromatic carbocycles. The van der Waals surface area contributed by atoms with E-state index in [9.17, 15) is 5.11 Å². The van der Waals surface area contributed by atoms with E-state index in [0.717, 1.165) is 5.56 Å². The van der Waals surface area contributed by atoms with Gasteiger partial charge in [-0.3, -0.25) is 0 Å². The Labute approximate surface area is 125 Å². The molecule has 3 heteroatoms. The van der Waals surface area contributed by atoms with Crippen LogP contribution in [0.3, 0.4) is 0 Å². The molecular formula is C18H20N2O. The molecule has 0 aliphatic heterocycles. The lowest BCUT2D eigenvalue weighted by atomic mass is 10.0. The highest BCUT2D eigenvalue weighted by Gasteiger charge is 2.10. The number of aliphatic hydroxyl groups excluding tert-OH is 1. The number of hydrogen-bond acceptors (Lipinski definition) is 3. The fourth-order valence-corrected chi connectivity index (χ4v) is 2.16. The van der Waals surface area contributed by atoms with Crippen LogP contribution in [0.5, 0.6) is 0 Å². The molecule has 0 saturated heterocycles. The molecule has 0 aliphatic rings. The van der Waals surface area contributed by atoms with Gasteiger partial charge in [-0.25, -0.2) is 0 Å². The SMILES string of the molecule is Cc1ccc([C@@H](C)NCC(O)c2ccc(C#N)cc2)cc1. The highest BCUT2D eigenvalue weighted by Crippen LogP contribution is 2.16. The Morgan fingerprint density at radius 3 is 2.19 bits per heavy atom. The Balaban J connectivity index is 1.92. The van der Waals surface area contributed by atoms with Gasteiger partial charge in [0.15, 0.2) is 0 Å². The van der Waals surface area contributed by atoms with Crippen LogP contribution < -0.4 is 5.32 Å². The van der Waals surface area contributed by atoms with Gasteiger partial charge in [-0.15, -0.1) is 0 Å². The fourth-order valence-electron chi connectivity index (χ4n) is 2.16. The van der Waals surface area contributed by atoms with E-state index >= 15 is 0 Å². The van der Waals surface area contributed by atoms with Crippen molar-refractivity contribution in [1.82, 2.24) is 5.32 Å². The second kappa shape index (κ2) is 7.03. The minimum absolute atomic E-state index is 0.179. The predicted octanol–water partition coefficient (Wildman–Crippen LogP) is 3.25. The molecule has 2 atom stereocenters. The molecule has 2 N–H and O–H groups in total. The smallest absolute Gasteiger partial charge is 0.0991 e. The molecular weight excluding hydrogens is 260 g/mol. The quantitative estimate of drug-likeness (QED) is 0.884. The molecule has 2 rings (SSSR count). The third-order valence-electron chi connectivity index (χ3n) is 3.62. The zero-order valence-electron chi connectivity index (χ0n) is 12.4. The number of hydrogen-bond donors (Lipinski definition) is 2. The topological polar surface area (TPSA) is 56.0 Å². The summed E-state index contributed by atoms with van der Waals surface area (Å²) < 4.78 is 0. The summed E-state index contributed by atoms with van der Waals surface area (Å²) in [6.07, 6.45) is -0.578. The van der Waals surface area contributed by atoms with Crippen molar-refractivity contribution in [3.8, 4) is 6.07 Å². The molecule has 0 amide bonds. The van der Waals surface area contributed by atoms with Crippen molar-refractivity contribution in [2.75, 3.05) is 6.54 Å². The van der Waals surface area contributed by atoms with E-state index in [2.05, 4.69) is 49.5 Å². The predicted molar refractivity (Wildman–Crippen MR) is 83.7 cm³/mol. The molecule has 0 spiro atoms. The fraction of sp³-hybridized carbons (Fsp3) is 0.278. The average Bonchev–Trinajstić information content (AvgIpc) is 2.53. The van der Waals surface area contributed by atoms with Crippen molar-refractivity contribution in [3.63, 3.8) is 0 Å². The van der Waals surface area contributed by atoms with E-state index in [1.807, 2.05) is 0 Å². The van der Waals surface area contributed by atoms with Crippen LogP contribution in [0.2, 0.25) is 0 Å². The summed E-state index contributed by atoms with van der Waals surface area (Å²) >= 11 is 0. The Kier molecular flexibility index (Phi) is 5.10. The third kappa shape index (κ3) is 4.16. The maximum absolute atomic E-state index is 10.2. The summed E-state index contributed by atoms with van der Waals surface area (Å²) in [6, 6.07) is 17.7. The molecule has 21 heavy (non-hydrogen) atoms. The van der Waals surface area contributed by atoms with Crippen LogP contribution in [0, 0.1) is 18.3 Å². The Morgan fingerprint density at radius 1 is 1.05 bits per heavy atom. The summed E-state index contributed by atoms with van der Waals surface area (Å²) in [5.74, 6) is 0. The first-order valence-electron chi connectivity index (χ1n) is 7.08. The highest BCUT2D eigenvalue weighted by atomic mass is 16.3. The minimum atomic E-state index is -0.578. The maximum atomic E-state index is 10.2. The van der Waals surface area contributed by atoms with Crippen LogP contribution in [-0.4, -0.2) is 11.7 Å². The van der Waals surface area contributed by atoms with Gasteiger partial charge in [-0.1, -0.05) is 42.0 Å². The van der Waals surface area contributed by atoms with E-state index in [0.29, 0.717) is 12.1 Å². The lowest BCUT2D eigenvalue weighted by Crippen LogP contribution is -2.24. The van der Waals surface area contributed by atoms with E-state index in [-0.39, 0.29) is 6.04 Å². The monoisotopic (exact) mass is 280 g/mol. The van der Waals surface area contributed by atoms with Crippen LogP contribution >= 0.6 is 0 Å². The number of benzene rings is 2. The van der Waals surface area contributed by atoms with Crippen LogP contribution in [0.15, 0.2) is 48.5 Å². The number of nitrogens with zero attached hydrogens (tertiary/aromatic N) is 1. The van der Waals surface area contributed by atoms with Crippen molar-refractivity contribution >= 4 is 0 Å².